The molecule has 0 unspecified atom stereocenters. The molecule has 0 aromatic carbocycles. The highest BCUT2D eigenvalue weighted by molar-refractivity contribution is 8.01. The standard InChI is InChI=1S/C13H17N3O2S2/c1-8-12(19-7-6-14)20-13(15-8)16-11(18)10(17)9-4-2-3-5-9/h9-10,17H,2-5,7H2,1H3,(H,15,16,18)/t10-/m0/s1. The summed E-state index contributed by atoms with van der Waals surface area (Å²) in [6, 6.07) is 2.06. The van der Waals surface area contributed by atoms with Gasteiger partial charge in [-0.2, -0.15) is 5.26 Å². The Morgan fingerprint density at radius 1 is 1.65 bits per heavy atom. The number of amides is 1. The van der Waals surface area contributed by atoms with E-state index < -0.39 is 6.10 Å². The third-order valence-electron chi connectivity index (χ3n) is 3.37. The maximum Gasteiger partial charge on any atom is 0.255 e. The lowest BCUT2D eigenvalue weighted by Crippen LogP contribution is -2.33. The van der Waals surface area contributed by atoms with Crippen LogP contribution in [-0.4, -0.2) is 27.9 Å². The van der Waals surface area contributed by atoms with E-state index in [2.05, 4.69) is 16.4 Å². The van der Waals surface area contributed by atoms with E-state index in [1.54, 1.807) is 0 Å². The van der Waals surface area contributed by atoms with Crippen LogP contribution in [0.2, 0.25) is 0 Å². The molecule has 1 aliphatic carbocycles. The van der Waals surface area contributed by atoms with Crippen molar-refractivity contribution in [3.63, 3.8) is 0 Å². The van der Waals surface area contributed by atoms with Crippen LogP contribution in [0.5, 0.6) is 0 Å². The summed E-state index contributed by atoms with van der Waals surface area (Å²) in [5.74, 6) is 0.0622. The molecule has 1 aromatic heterocycles. The number of aromatic nitrogens is 1. The molecule has 5 nitrogen and oxygen atoms in total. The molecule has 1 atom stereocenters. The van der Waals surface area contributed by atoms with Crippen molar-refractivity contribution in [2.75, 3.05) is 11.1 Å². The predicted octanol–water partition coefficient (Wildman–Crippen LogP) is 2.56. The number of thioether (sulfide) groups is 1. The zero-order chi connectivity index (χ0) is 14.5. The third kappa shape index (κ3) is 3.72. The SMILES string of the molecule is Cc1nc(NC(=O)[C@@H](O)C2CCCC2)sc1SCC#N. The van der Waals surface area contributed by atoms with Crippen molar-refractivity contribution in [1.29, 1.82) is 5.26 Å². The molecule has 1 amide bonds. The highest BCUT2D eigenvalue weighted by atomic mass is 32.2. The zero-order valence-corrected chi connectivity index (χ0v) is 12.9. The Hall–Kier alpha value is -1.10. The number of nitrogens with one attached hydrogen (secondary N) is 1. The fourth-order valence-electron chi connectivity index (χ4n) is 2.33. The summed E-state index contributed by atoms with van der Waals surface area (Å²) in [5.41, 5.74) is 0.806. The van der Waals surface area contributed by atoms with Gasteiger partial charge in [0.25, 0.3) is 5.91 Å². The highest BCUT2D eigenvalue weighted by Crippen LogP contribution is 2.32. The number of hydrogen-bond donors (Lipinski definition) is 2. The summed E-state index contributed by atoms with van der Waals surface area (Å²) in [5, 5.41) is 21.8. The number of nitrogens with zero attached hydrogens (tertiary/aromatic N) is 2. The Labute approximate surface area is 126 Å². The van der Waals surface area contributed by atoms with Crippen LogP contribution in [0, 0.1) is 24.2 Å². The van der Waals surface area contributed by atoms with Crippen LogP contribution in [0.4, 0.5) is 5.13 Å². The second-order valence-electron chi connectivity index (χ2n) is 4.82. The van der Waals surface area contributed by atoms with Crippen molar-refractivity contribution in [3.8, 4) is 6.07 Å². The zero-order valence-electron chi connectivity index (χ0n) is 11.3. The number of aliphatic hydroxyl groups excluding tert-OH is 1. The molecule has 0 spiro atoms. The molecule has 7 heteroatoms. The van der Waals surface area contributed by atoms with Gasteiger partial charge >= 0.3 is 0 Å². The van der Waals surface area contributed by atoms with Crippen molar-refractivity contribution in [2.24, 2.45) is 5.92 Å². The molecule has 1 aliphatic rings. The molecule has 1 saturated carbocycles. The summed E-state index contributed by atoms with van der Waals surface area (Å²) in [6.07, 6.45) is 3.04. The molecule has 108 valence electrons. The first-order valence-electron chi connectivity index (χ1n) is 6.58. The molecule has 0 aliphatic heterocycles. The number of anilines is 1. The lowest BCUT2D eigenvalue weighted by molar-refractivity contribution is -0.126. The third-order valence-corrected chi connectivity index (χ3v) is 5.67. The summed E-state index contributed by atoms with van der Waals surface area (Å²) in [4.78, 5) is 16.2. The Morgan fingerprint density at radius 2 is 2.35 bits per heavy atom. The number of hydrogen-bond acceptors (Lipinski definition) is 6. The molecule has 2 rings (SSSR count). The van der Waals surface area contributed by atoms with Gasteiger partial charge in [-0.15, -0.1) is 0 Å². The van der Waals surface area contributed by atoms with E-state index in [4.69, 9.17) is 5.26 Å². The maximum absolute atomic E-state index is 12.0. The molecular formula is C13H17N3O2S2. The van der Waals surface area contributed by atoms with Crippen molar-refractivity contribution in [3.05, 3.63) is 5.69 Å². The number of carbonyl (C=O) groups is 1. The summed E-state index contributed by atoms with van der Waals surface area (Å²) in [6.45, 7) is 1.85. The van der Waals surface area contributed by atoms with Gasteiger partial charge in [0.05, 0.1) is 21.7 Å². The summed E-state index contributed by atoms with van der Waals surface area (Å²) < 4.78 is 0.928. The van der Waals surface area contributed by atoms with Crippen molar-refractivity contribution >= 4 is 34.1 Å². The first-order chi connectivity index (χ1) is 9.61. The summed E-state index contributed by atoms with van der Waals surface area (Å²) >= 11 is 2.76. The van der Waals surface area contributed by atoms with Crippen LogP contribution in [0.15, 0.2) is 4.21 Å². The number of aliphatic hydroxyl groups is 1. The molecule has 2 N–H and O–H groups in total. The second kappa shape index (κ2) is 7.07. The normalized spacial score (nSPS) is 16.9. The van der Waals surface area contributed by atoms with Gasteiger partial charge in [0.1, 0.15) is 6.10 Å². The van der Waals surface area contributed by atoms with Gasteiger partial charge in [0.15, 0.2) is 5.13 Å². The van der Waals surface area contributed by atoms with Gasteiger partial charge in [-0.25, -0.2) is 4.98 Å². The van der Waals surface area contributed by atoms with Crippen LogP contribution in [0.1, 0.15) is 31.4 Å². The Kier molecular flexibility index (Phi) is 5.40. The topological polar surface area (TPSA) is 86.0 Å². The van der Waals surface area contributed by atoms with E-state index in [0.29, 0.717) is 10.9 Å². The van der Waals surface area contributed by atoms with Crippen LogP contribution in [0.25, 0.3) is 0 Å². The quantitative estimate of drug-likeness (QED) is 0.816. The number of nitriles is 1. The number of aryl methyl sites for hydroxylation is 1. The fraction of sp³-hybridized carbons (Fsp3) is 0.615. The molecule has 0 bridgehead atoms. The van der Waals surface area contributed by atoms with E-state index in [0.717, 1.165) is 35.6 Å². The average molecular weight is 311 g/mol. The number of carbonyl (C=O) groups excluding carboxylic acids is 1. The van der Waals surface area contributed by atoms with E-state index >= 15 is 0 Å². The first kappa shape index (κ1) is 15.3. The second-order valence-corrected chi connectivity index (χ2v) is 7.06. The maximum atomic E-state index is 12.0. The summed E-state index contributed by atoms with van der Waals surface area (Å²) in [7, 11) is 0. The van der Waals surface area contributed by atoms with Gasteiger partial charge in [0, 0.05) is 0 Å². The lowest BCUT2D eigenvalue weighted by Gasteiger charge is -2.15. The van der Waals surface area contributed by atoms with Crippen molar-refractivity contribution in [2.45, 2.75) is 42.9 Å². The molecule has 0 radical (unpaired) electrons. The minimum Gasteiger partial charge on any atom is -0.383 e. The van der Waals surface area contributed by atoms with E-state index in [1.165, 1.54) is 23.1 Å². The van der Waals surface area contributed by atoms with E-state index in [-0.39, 0.29) is 11.8 Å². The molecular weight excluding hydrogens is 294 g/mol. The van der Waals surface area contributed by atoms with Crippen LogP contribution >= 0.6 is 23.1 Å². The number of thiazole rings is 1. The fourth-order valence-corrected chi connectivity index (χ4v) is 4.14. The molecule has 0 saturated heterocycles. The molecule has 1 heterocycles. The average Bonchev–Trinajstić information content (AvgIpc) is 3.05. The Morgan fingerprint density at radius 3 is 3.00 bits per heavy atom. The smallest absolute Gasteiger partial charge is 0.255 e. The minimum absolute atomic E-state index is 0.0727. The van der Waals surface area contributed by atoms with Gasteiger partial charge < -0.3 is 5.11 Å². The van der Waals surface area contributed by atoms with E-state index in [9.17, 15) is 9.90 Å². The van der Waals surface area contributed by atoms with Crippen LogP contribution in [0.3, 0.4) is 0 Å². The Bertz CT molecular complexity index is 518. The molecule has 1 aromatic rings. The van der Waals surface area contributed by atoms with Crippen molar-refractivity contribution < 1.29 is 9.90 Å². The van der Waals surface area contributed by atoms with Gasteiger partial charge in [-0.05, 0) is 25.7 Å². The van der Waals surface area contributed by atoms with Crippen molar-refractivity contribution in [1.82, 2.24) is 4.98 Å². The largest absolute Gasteiger partial charge is 0.383 e. The molecule has 20 heavy (non-hydrogen) atoms. The predicted molar refractivity (Wildman–Crippen MR) is 79.8 cm³/mol. The Balaban J connectivity index is 1.95. The first-order valence-corrected chi connectivity index (χ1v) is 8.38. The highest BCUT2D eigenvalue weighted by Gasteiger charge is 2.29. The van der Waals surface area contributed by atoms with Crippen LogP contribution < -0.4 is 5.32 Å². The lowest BCUT2D eigenvalue weighted by atomic mass is 10.0. The van der Waals surface area contributed by atoms with E-state index in [1.807, 2.05) is 6.92 Å². The minimum atomic E-state index is -0.947. The molecule has 1 fully saturated rings. The van der Waals surface area contributed by atoms with Crippen LogP contribution in [-0.2, 0) is 4.79 Å². The monoisotopic (exact) mass is 311 g/mol. The number of rotatable bonds is 5. The van der Waals surface area contributed by atoms with Gasteiger partial charge in [0.2, 0.25) is 0 Å². The van der Waals surface area contributed by atoms with Gasteiger partial charge in [-0.1, -0.05) is 35.9 Å². The van der Waals surface area contributed by atoms with Gasteiger partial charge in [-0.3, -0.25) is 10.1 Å².